The van der Waals surface area contributed by atoms with Crippen LogP contribution in [0.3, 0.4) is 0 Å². The molecule has 0 saturated carbocycles. The number of H-pyrrole nitrogens is 1. The number of anilines is 1. The zero-order chi connectivity index (χ0) is 15.4. The minimum atomic E-state index is -0.391. The number of nitrogens with zero attached hydrogens (tertiary/aromatic N) is 3. The lowest BCUT2D eigenvalue weighted by Gasteiger charge is -2.13. The first-order chi connectivity index (χ1) is 10.6. The molecule has 0 spiro atoms. The van der Waals surface area contributed by atoms with E-state index in [9.17, 15) is 9.59 Å². The van der Waals surface area contributed by atoms with Gasteiger partial charge in [0.05, 0.1) is 22.2 Å². The highest BCUT2D eigenvalue weighted by atomic mass is 35.5. The summed E-state index contributed by atoms with van der Waals surface area (Å²) in [7, 11) is 0. The molecule has 22 heavy (non-hydrogen) atoms. The number of hydrogen-bond acceptors (Lipinski definition) is 4. The Morgan fingerprint density at radius 3 is 2.59 bits per heavy atom. The van der Waals surface area contributed by atoms with E-state index in [4.69, 9.17) is 11.6 Å². The minimum absolute atomic E-state index is 0.289. The summed E-state index contributed by atoms with van der Waals surface area (Å²) in [6.07, 6.45) is 1.40. The van der Waals surface area contributed by atoms with Crippen LogP contribution in [0.5, 0.6) is 0 Å². The van der Waals surface area contributed by atoms with Gasteiger partial charge in [-0.1, -0.05) is 11.6 Å². The van der Waals surface area contributed by atoms with Crippen LogP contribution < -0.4 is 4.90 Å². The van der Waals surface area contributed by atoms with Gasteiger partial charge in [0, 0.05) is 16.9 Å². The standard InChI is InChI=1S/C15H9ClN4O2/c1-7-11-12-10(6-17-13(11)19-18-7)14(21)20(15(12)22)9-4-2-8(16)3-5-9/h2-6H,1H3,(H,17,18,19). The molecule has 0 aliphatic carbocycles. The van der Waals surface area contributed by atoms with Crippen LogP contribution in [0, 0.1) is 6.92 Å². The third-order valence-electron chi connectivity index (χ3n) is 3.70. The Balaban J connectivity index is 1.94. The summed E-state index contributed by atoms with van der Waals surface area (Å²) in [6.45, 7) is 1.79. The fourth-order valence-electron chi connectivity index (χ4n) is 2.67. The number of pyridine rings is 1. The van der Waals surface area contributed by atoms with Gasteiger partial charge in [-0.25, -0.2) is 9.88 Å². The second-order valence-electron chi connectivity index (χ2n) is 5.02. The average molecular weight is 313 g/mol. The number of rotatable bonds is 1. The third-order valence-corrected chi connectivity index (χ3v) is 3.95. The number of halogens is 1. The van der Waals surface area contributed by atoms with Crippen LogP contribution in [-0.4, -0.2) is 27.0 Å². The number of aromatic nitrogens is 3. The number of hydrogen-bond donors (Lipinski definition) is 1. The number of aryl methyl sites for hydroxylation is 1. The summed E-state index contributed by atoms with van der Waals surface area (Å²) < 4.78 is 0. The van der Waals surface area contributed by atoms with Crippen molar-refractivity contribution in [3.05, 3.63) is 52.3 Å². The largest absolute Gasteiger partial charge is 0.280 e. The van der Waals surface area contributed by atoms with Crippen molar-refractivity contribution < 1.29 is 9.59 Å². The van der Waals surface area contributed by atoms with Crippen molar-refractivity contribution in [1.82, 2.24) is 15.2 Å². The van der Waals surface area contributed by atoms with Crippen LogP contribution in [0.15, 0.2) is 30.5 Å². The number of fused-ring (bicyclic) bond motifs is 3. The van der Waals surface area contributed by atoms with Crippen LogP contribution in [-0.2, 0) is 0 Å². The first-order valence-corrected chi connectivity index (χ1v) is 6.94. The van der Waals surface area contributed by atoms with Crippen molar-refractivity contribution in [2.45, 2.75) is 6.92 Å². The van der Waals surface area contributed by atoms with E-state index in [2.05, 4.69) is 15.2 Å². The van der Waals surface area contributed by atoms with Gasteiger partial charge < -0.3 is 0 Å². The van der Waals surface area contributed by atoms with Crippen molar-refractivity contribution >= 4 is 40.1 Å². The zero-order valence-electron chi connectivity index (χ0n) is 11.4. The Kier molecular flexibility index (Phi) is 2.58. The summed E-state index contributed by atoms with van der Waals surface area (Å²) in [6, 6.07) is 6.54. The van der Waals surface area contributed by atoms with Gasteiger partial charge in [0.25, 0.3) is 11.8 Å². The molecule has 108 valence electrons. The van der Waals surface area contributed by atoms with Crippen LogP contribution in [0.2, 0.25) is 5.02 Å². The molecule has 0 atom stereocenters. The quantitative estimate of drug-likeness (QED) is 0.701. The molecule has 2 amide bonds. The van der Waals surface area contributed by atoms with Crippen molar-refractivity contribution in [3.63, 3.8) is 0 Å². The topological polar surface area (TPSA) is 79.0 Å². The first kappa shape index (κ1) is 13.0. The maximum absolute atomic E-state index is 12.8. The van der Waals surface area contributed by atoms with Gasteiger partial charge >= 0.3 is 0 Å². The summed E-state index contributed by atoms with van der Waals surface area (Å²) >= 11 is 5.85. The van der Waals surface area contributed by atoms with Gasteiger partial charge in [-0.2, -0.15) is 5.10 Å². The number of benzene rings is 1. The summed E-state index contributed by atoms with van der Waals surface area (Å²) in [4.78, 5) is 30.6. The van der Waals surface area contributed by atoms with Crippen molar-refractivity contribution in [3.8, 4) is 0 Å². The molecule has 3 heterocycles. The maximum Gasteiger partial charge on any atom is 0.267 e. The minimum Gasteiger partial charge on any atom is -0.280 e. The van der Waals surface area contributed by atoms with E-state index in [1.807, 2.05) is 0 Å². The van der Waals surface area contributed by atoms with E-state index in [1.54, 1.807) is 31.2 Å². The molecule has 1 aliphatic heterocycles. The molecule has 0 bridgehead atoms. The highest BCUT2D eigenvalue weighted by molar-refractivity contribution is 6.37. The normalized spacial score (nSPS) is 14.0. The third kappa shape index (κ3) is 1.61. The highest BCUT2D eigenvalue weighted by Crippen LogP contribution is 2.33. The van der Waals surface area contributed by atoms with Crippen molar-refractivity contribution in [1.29, 1.82) is 0 Å². The van der Waals surface area contributed by atoms with Gasteiger partial charge in [0.1, 0.15) is 0 Å². The number of amides is 2. The van der Waals surface area contributed by atoms with E-state index in [0.29, 0.717) is 33.0 Å². The van der Waals surface area contributed by atoms with Crippen LogP contribution >= 0.6 is 11.6 Å². The number of aromatic amines is 1. The van der Waals surface area contributed by atoms with Gasteiger partial charge in [-0.3, -0.25) is 14.7 Å². The Labute approximate surface area is 129 Å². The van der Waals surface area contributed by atoms with Crippen LogP contribution in [0.4, 0.5) is 5.69 Å². The Bertz CT molecular complexity index is 946. The van der Waals surface area contributed by atoms with Crippen molar-refractivity contribution in [2.24, 2.45) is 0 Å². The lowest BCUT2D eigenvalue weighted by Crippen LogP contribution is -2.29. The number of carbonyl (C=O) groups is 2. The first-order valence-electron chi connectivity index (χ1n) is 6.56. The van der Waals surface area contributed by atoms with Gasteiger partial charge in [0.2, 0.25) is 0 Å². The van der Waals surface area contributed by atoms with Crippen molar-refractivity contribution in [2.75, 3.05) is 4.90 Å². The molecule has 4 rings (SSSR count). The van der Waals surface area contributed by atoms with Gasteiger partial charge in [0.15, 0.2) is 5.65 Å². The zero-order valence-corrected chi connectivity index (χ0v) is 12.2. The SMILES string of the molecule is Cc1[nH]nc2ncc3c(c12)C(=O)N(c1ccc(Cl)cc1)C3=O. The second-order valence-corrected chi connectivity index (χ2v) is 5.45. The van der Waals surface area contributed by atoms with E-state index >= 15 is 0 Å². The Morgan fingerprint density at radius 1 is 1.14 bits per heavy atom. The number of imide groups is 1. The molecular formula is C15H9ClN4O2. The predicted molar refractivity (Wildman–Crippen MR) is 81.2 cm³/mol. The second kappa shape index (κ2) is 4.38. The van der Waals surface area contributed by atoms with Gasteiger partial charge in [-0.05, 0) is 31.2 Å². The molecule has 1 aromatic carbocycles. The highest BCUT2D eigenvalue weighted by Gasteiger charge is 2.39. The van der Waals surface area contributed by atoms with Crippen LogP contribution in [0.25, 0.3) is 11.0 Å². The van der Waals surface area contributed by atoms with E-state index in [0.717, 1.165) is 4.90 Å². The molecule has 1 N–H and O–H groups in total. The Hall–Kier alpha value is -2.73. The number of nitrogens with one attached hydrogen (secondary N) is 1. The molecule has 1 aliphatic rings. The lowest BCUT2D eigenvalue weighted by molar-refractivity contribution is 0.0926. The van der Waals surface area contributed by atoms with Gasteiger partial charge in [-0.15, -0.1) is 0 Å². The summed E-state index contributed by atoms with van der Waals surface area (Å²) in [5.74, 6) is -0.767. The smallest absolute Gasteiger partial charge is 0.267 e. The molecular weight excluding hydrogens is 304 g/mol. The fourth-order valence-corrected chi connectivity index (χ4v) is 2.79. The molecule has 6 nitrogen and oxygen atoms in total. The monoisotopic (exact) mass is 312 g/mol. The van der Waals surface area contributed by atoms with Crippen LogP contribution in [0.1, 0.15) is 26.4 Å². The predicted octanol–water partition coefficient (Wildman–Crippen LogP) is 2.72. The van der Waals surface area contributed by atoms with E-state index < -0.39 is 5.91 Å². The summed E-state index contributed by atoms with van der Waals surface area (Å²) in [5.41, 5.74) is 2.24. The lowest BCUT2D eigenvalue weighted by atomic mass is 10.1. The fraction of sp³-hybridized carbons (Fsp3) is 0.0667. The summed E-state index contributed by atoms with van der Waals surface area (Å²) in [5, 5.41) is 7.95. The molecule has 0 radical (unpaired) electrons. The maximum atomic E-state index is 12.8. The molecule has 0 saturated heterocycles. The molecule has 0 fully saturated rings. The Morgan fingerprint density at radius 2 is 1.86 bits per heavy atom. The molecule has 7 heteroatoms. The molecule has 0 unspecified atom stereocenters. The van der Waals surface area contributed by atoms with E-state index in [-0.39, 0.29) is 11.5 Å². The molecule has 2 aromatic heterocycles. The average Bonchev–Trinajstić information content (AvgIpc) is 3.00. The molecule has 3 aromatic rings. The van der Waals surface area contributed by atoms with E-state index in [1.165, 1.54) is 6.20 Å². The number of carbonyl (C=O) groups excluding carboxylic acids is 2.